The van der Waals surface area contributed by atoms with Crippen LogP contribution in [0.3, 0.4) is 0 Å². The number of anilines is 1. The first-order valence-corrected chi connectivity index (χ1v) is 7.06. The topological polar surface area (TPSA) is 87.5 Å². The van der Waals surface area contributed by atoms with Gasteiger partial charge in [0.05, 0.1) is 12.2 Å². The van der Waals surface area contributed by atoms with E-state index in [1.807, 2.05) is 0 Å². The fourth-order valence-electron chi connectivity index (χ4n) is 2.39. The predicted molar refractivity (Wildman–Crippen MR) is 73.3 cm³/mol. The maximum atomic E-state index is 12.8. The standard InChI is InChI=1S/C13H17F3N4O3/c1-19-6-8(11(18-19)13(14,15)16)17-10(22)7-20-5-3-2-4-9(21)12(20)23/h6,9,21H,2-5,7H2,1H3,(H,17,22). The second kappa shape index (κ2) is 6.57. The van der Waals surface area contributed by atoms with Crippen molar-refractivity contribution in [1.29, 1.82) is 0 Å². The molecule has 1 unspecified atom stereocenters. The van der Waals surface area contributed by atoms with Crippen molar-refractivity contribution in [3.05, 3.63) is 11.9 Å². The number of hydrogen-bond donors (Lipinski definition) is 2. The van der Waals surface area contributed by atoms with Crippen molar-refractivity contribution in [3.8, 4) is 0 Å². The Labute approximate surface area is 130 Å². The second-order valence-electron chi connectivity index (χ2n) is 5.38. The second-order valence-corrected chi connectivity index (χ2v) is 5.38. The van der Waals surface area contributed by atoms with Gasteiger partial charge in [-0.1, -0.05) is 0 Å². The van der Waals surface area contributed by atoms with Crippen molar-refractivity contribution in [2.24, 2.45) is 7.05 Å². The molecule has 1 fully saturated rings. The molecule has 2 amide bonds. The van der Waals surface area contributed by atoms with Crippen LogP contribution in [0.1, 0.15) is 25.0 Å². The number of carbonyl (C=O) groups excluding carboxylic acids is 2. The lowest BCUT2D eigenvalue weighted by Crippen LogP contribution is -2.42. The van der Waals surface area contributed by atoms with E-state index < -0.39 is 42.0 Å². The van der Waals surface area contributed by atoms with Crippen molar-refractivity contribution >= 4 is 17.5 Å². The molecule has 128 valence electrons. The predicted octanol–water partition coefficient (Wildman–Crippen LogP) is 0.751. The van der Waals surface area contributed by atoms with Crippen LogP contribution in [0.4, 0.5) is 18.9 Å². The molecule has 1 atom stereocenters. The molecule has 0 radical (unpaired) electrons. The SMILES string of the molecule is Cn1cc(NC(=O)CN2CCCCC(O)C2=O)c(C(F)(F)F)n1. The summed E-state index contributed by atoms with van der Waals surface area (Å²) in [6.07, 6.45) is -3.24. The smallest absolute Gasteiger partial charge is 0.383 e. The molecule has 2 heterocycles. The van der Waals surface area contributed by atoms with Gasteiger partial charge in [-0.15, -0.1) is 0 Å². The van der Waals surface area contributed by atoms with Gasteiger partial charge in [0.25, 0.3) is 5.91 Å². The molecule has 10 heteroatoms. The first-order chi connectivity index (χ1) is 10.7. The van der Waals surface area contributed by atoms with Gasteiger partial charge in [-0.05, 0) is 19.3 Å². The van der Waals surface area contributed by atoms with Crippen molar-refractivity contribution in [3.63, 3.8) is 0 Å². The number of alkyl halides is 3. The largest absolute Gasteiger partial charge is 0.437 e. The maximum absolute atomic E-state index is 12.8. The highest BCUT2D eigenvalue weighted by molar-refractivity contribution is 5.95. The zero-order valence-electron chi connectivity index (χ0n) is 12.4. The number of likely N-dealkylation sites (tertiary alicyclic amines) is 1. The van der Waals surface area contributed by atoms with Crippen LogP contribution in [-0.2, 0) is 22.8 Å². The monoisotopic (exact) mass is 334 g/mol. The summed E-state index contributed by atoms with van der Waals surface area (Å²) in [5.41, 5.74) is -1.66. The first-order valence-electron chi connectivity index (χ1n) is 7.06. The van der Waals surface area contributed by atoms with Crippen molar-refractivity contribution in [1.82, 2.24) is 14.7 Å². The Bertz CT molecular complexity index is 600. The summed E-state index contributed by atoms with van der Waals surface area (Å²) >= 11 is 0. The van der Waals surface area contributed by atoms with E-state index in [0.29, 0.717) is 19.3 Å². The lowest BCUT2D eigenvalue weighted by Gasteiger charge is -2.21. The van der Waals surface area contributed by atoms with Crippen LogP contribution in [0.25, 0.3) is 0 Å². The van der Waals surface area contributed by atoms with Gasteiger partial charge in [0, 0.05) is 19.8 Å². The highest BCUT2D eigenvalue weighted by Crippen LogP contribution is 2.33. The minimum absolute atomic E-state index is 0.280. The van der Waals surface area contributed by atoms with Crippen LogP contribution >= 0.6 is 0 Å². The Kier molecular flexibility index (Phi) is 4.93. The van der Waals surface area contributed by atoms with Crippen LogP contribution in [0, 0.1) is 0 Å². The number of aliphatic hydroxyl groups excluding tert-OH is 1. The highest BCUT2D eigenvalue weighted by Gasteiger charge is 2.38. The van der Waals surface area contributed by atoms with E-state index in [0.717, 1.165) is 15.8 Å². The molecular formula is C13H17F3N4O3. The number of nitrogens with zero attached hydrogens (tertiary/aromatic N) is 3. The van der Waals surface area contributed by atoms with Crippen LogP contribution in [0.5, 0.6) is 0 Å². The molecule has 1 aromatic heterocycles. The summed E-state index contributed by atoms with van der Waals surface area (Å²) in [5, 5.41) is 15.0. The summed E-state index contributed by atoms with van der Waals surface area (Å²) in [6, 6.07) is 0. The lowest BCUT2D eigenvalue weighted by molar-refractivity contribution is -0.142. The minimum atomic E-state index is -4.70. The summed E-state index contributed by atoms with van der Waals surface area (Å²) < 4.78 is 39.4. The lowest BCUT2D eigenvalue weighted by atomic mass is 10.2. The Morgan fingerprint density at radius 2 is 2.17 bits per heavy atom. The van der Waals surface area contributed by atoms with Gasteiger partial charge in [-0.3, -0.25) is 14.3 Å². The fourth-order valence-corrected chi connectivity index (χ4v) is 2.39. The molecule has 1 aromatic rings. The third-order valence-corrected chi connectivity index (χ3v) is 3.46. The Morgan fingerprint density at radius 3 is 2.83 bits per heavy atom. The zero-order valence-corrected chi connectivity index (χ0v) is 12.4. The summed E-state index contributed by atoms with van der Waals surface area (Å²) in [7, 11) is 1.31. The van der Waals surface area contributed by atoms with Gasteiger partial charge < -0.3 is 15.3 Å². The van der Waals surface area contributed by atoms with E-state index in [2.05, 4.69) is 10.4 Å². The van der Waals surface area contributed by atoms with E-state index >= 15 is 0 Å². The minimum Gasteiger partial charge on any atom is -0.383 e. The number of carbonyl (C=O) groups is 2. The molecule has 0 aromatic carbocycles. The number of aliphatic hydroxyl groups is 1. The number of amides is 2. The third kappa shape index (κ3) is 4.21. The van der Waals surface area contributed by atoms with E-state index in [1.54, 1.807) is 0 Å². The van der Waals surface area contributed by atoms with Crippen LogP contribution in [-0.4, -0.2) is 50.8 Å². The maximum Gasteiger partial charge on any atom is 0.437 e. The molecule has 7 nitrogen and oxygen atoms in total. The normalized spacial score (nSPS) is 19.6. The molecule has 2 rings (SSSR count). The van der Waals surface area contributed by atoms with Gasteiger partial charge >= 0.3 is 6.18 Å². The molecule has 1 saturated heterocycles. The molecular weight excluding hydrogens is 317 g/mol. The van der Waals surface area contributed by atoms with Crippen LogP contribution in [0.2, 0.25) is 0 Å². The highest BCUT2D eigenvalue weighted by atomic mass is 19.4. The van der Waals surface area contributed by atoms with Crippen molar-refractivity contribution in [2.75, 3.05) is 18.4 Å². The quantitative estimate of drug-likeness (QED) is 0.854. The Balaban J connectivity index is 2.06. The Morgan fingerprint density at radius 1 is 1.48 bits per heavy atom. The zero-order chi connectivity index (χ0) is 17.2. The van der Waals surface area contributed by atoms with Gasteiger partial charge in [0.2, 0.25) is 5.91 Å². The van der Waals surface area contributed by atoms with Gasteiger partial charge in [-0.2, -0.15) is 18.3 Å². The van der Waals surface area contributed by atoms with Gasteiger partial charge in [0.15, 0.2) is 5.69 Å². The molecule has 0 saturated carbocycles. The van der Waals surface area contributed by atoms with Gasteiger partial charge in [0.1, 0.15) is 6.10 Å². The third-order valence-electron chi connectivity index (χ3n) is 3.46. The molecule has 0 spiro atoms. The number of rotatable bonds is 3. The van der Waals surface area contributed by atoms with E-state index in [-0.39, 0.29) is 6.54 Å². The number of aromatic nitrogens is 2. The van der Waals surface area contributed by atoms with Crippen molar-refractivity contribution < 1.29 is 27.9 Å². The molecule has 0 aliphatic carbocycles. The number of hydrogen-bond acceptors (Lipinski definition) is 4. The van der Waals surface area contributed by atoms with E-state index in [1.165, 1.54) is 7.05 Å². The Hall–Kier alpha value is -2.10. The number of halogens is 3. The summed E-state index contributed by atoms with van der Waals surface area (Å²) in [5.74, 6) is -1.36. The first kappa shape index (κ1) is 17.3. The average molecular weight is 334 g/mol. The van der Waals surface area contributed by atoms with E-state index in [4.69, 9.17) is 0 Å². The van der Waals surface area contributed by atoms with Crippen LogP contribution < -0.4 is 5.32 Å². The summed E-state index contributed by atoms with van der Waals surface area (Å²) in [4.78, 5) is 25.0. The fraction of sp³-hybridized carbons (Fsp3) is 0.615. The molecule has 1 aliphatic heterocycles. The molecule has 23 heavy (non-hydrogen) atoms. The van der Waals surface area contributed by atoms with E-state index in [9.17, 15) is 27.9 Å². The molecule has 2 N–H and O–H groups in total. The van der Waals surface area contributed by atoms with Crippen molar-refractivity contribution in [2.45, 2.75) is 31.5 Å². The summed E-state index contributed by atoms with van der Waals surface area (Å²) in [6.45, 7) is -0.134. The average Bonchev–Trinajstić information content (AvgIpc) is 2.74. The van der Waals surface area contributed by atoms with Gasteiger partial charge in [-0.25, -0.2) is 0 Å². The number of aryl methyl sites for hydroxylation is 1. The molecule has 0 bridgehead atoms. The number of nitrogens with one attached hydrogen (secondary N) is 1. The molecule has 1 aliphatic rings. The van der Waals surface area contributed by atoms with Crippen LogP contribution in [0.15, 0.2) is 6.20 Å².